The Kier molecular flexibility index (Phi) is 2.68. The van der Waals surface area contributed by atoms with Crippen molar-refractivity contribution in [2.45, 2.75) is 26.3 Å². The Hall–Kier alpha value is -1.66. The fraction of sp³-hybridized carbons (Fsp3) is 0.333. The van der Waals surface area contributed by atoms with Gasteiger partial charge in [-0.15, -0.1) is 11.3 Å². The molecule has 0 saturated carbocycles. The molecule has 0 amide bonds. The van der Waals surface area contributed by atoms with E-state index in [4.69, 9.17) is 5.73 Å². The number of rotatable bonds is 3. The van der Waals surface area contributed by atoms with Gasteiger partial charge in [0.25, 0.3) is 0 Å². The third kappa shape index (κ3) is 1.83. The number of imidazole rings is 1. The molecule has 1 atom stereocenters. The zero-order valence-corrected chi connectivity index (χ0v) is 11.2. The molecule has 1 unspecified atom stereocenters. The van der Waals surface area contributed by atoms with Crippen LogP contribution in [-0.4, -0.2) is 25.2 Å². The van der Waals surface area contributed by atoms with Gasteiger partial charge in [-0.3, -0.25) is 4.40 Å². The van der Waals surface area contributed by atoms with Gasteiger partial charge in [-0.05, 0) is 19.4 Å². The summed E-state index contributed by atoms with van der Waals surface area (Å²) in [4.78, 5) is 5.62. The molecule has 0 bridgehead atoms. The summed E-state index contributed by atoms with van der Waals surface area (Å²) in [6.07, 6.45) is 6.64. The van der Waals surface area contributed by atoms with Crippen LogP contribution in [0.1, 0.15) is 18.2 Å². The first-order valence-corrected chi connectivity index (χ1v) is 6.75. The Morgan fingerprint density at radius 3 is 3.00 bits per heavy atom. The Morgan fingerprint density at radius 2 is 2.33 bits per heavy atom. The molecule has 0 spiro atoms. The molecule has 0 aliphatic carbocycles. The van der Waals surface area contributed by atoms with Crippen molar-refractivity contribution in [3.8, 4) is 5.82 Å². The molecular formula is C12H15N5S. The average Bonchev–Trinajstić information content (AvgIpc) is 2.95. The van der Waals surface area contributed by atoms with Crippen molar-refractivity contribution in [1.82, 2.24) is 19.2 Å². The topological polar surface area (TPSA) is 61.1 Å². The van der Waals surface area contributed by atoms with E-state index >= 15 is 0 Å². The van der Waals surface area contributed by atoms with Gasteiger partial charge in [0.05, 0.1) is 11.9 Å². The molecule has 0 aliphatic heterocycles. The zero-order chi connectivity index (χ0) is 12.7. The van der Waals surface area contributed by atoms with E-state index in [1.807, 2.05) is 42.5 Å². The van der Waals surface area contributed by atoms with Crippen molar-refractivity contribution < 1.29 is 0 Å². The van der Waals surface area contributed by atoms with Gasteiger partial charge in [0.2, 0.25) is 0 Å². The van der Waals surface area contributed by atoms with Gasteiger partial charge in [-0.25, -0.2) is 4.68 Å². The van der Waals surface area contributed by atoms with Crippen LogP contribution >= 0.6 is 11.3 Å². The van der Waals surface area contributed by atoms with Crippen LogP contribution in [0.2, 0.25) is 0 Å². The number of thiazole rings is 1. The number of nitrogens with two attached hydrogens (primary N) is 1. The Labute approximate surface area is 109 Å². The monoisotopic (exact) mass is 261 g/mol. The largest absolute Gasteiger partial charge is 0.328 e. The van der Waals surface area contributed by atoms with Crippen LogP contribution in [0, 0.1) is 6.92 Å². The van der Waals surface area contributed by atoms with Crippen molar-refractivity contribution in [2.75, 3.05) is 0 Å². The smallest absolute Gasteiger partial charge is 0.195 e. The first kappa shape index (κ1) is 11.4. The lowest BCUT2D eigenvalue weighted by Gasteiger charge is -2.06. The highest BCUT2D eigenvalue weighted by Gasteiger charge is 2.16. The fourth-order valence-corrected chi connectivity index (χ4v) is 2.76. The van der Waals surface area contributed by atoms with Crippen LogP contribution in [0.5, 0.6) is 0 Å². The van der Waals surface area contributed by atoms with Crippen molar-refractivity contribution in [2.24, 2.45) is 5.73 Å². The Morgan fingerprint density at radius 1 is 1.50 bits per heavy atom. The zero-order valence-electron chi connectivity index (χ0n) is 10.4. The molecule has 3 aromatic rings. The van der Waals surface area contributed by atoms with Gasteiger partial charge < -0.3 is 5.73 Å². The van der Waals surface area contributed by atoms with E-state index in [9.17, 15) is 0 Å². The molecule has 94 valence electrons. The van der Waals surface area contributed by atoms with Crippen molar-refractivity contribution in [1.29, 1.82) is 0 Å². The minimum absolute atomic E-state index is 0.0974. The van der Waals surface area contributed by atoms with Crippen LogP contribution in [0.25, 0.3) is 10.8 Å². The quantitative estimate of drug-likeness (QED) is 0.781. The van der Waals surface area contributed by atoms with Crippen molar-refractivity contribution in [3.63, 3.8) is 0 Å². The number of hydrogen-bond acceptors (Lipinski definition) is 4. The van der Waals surface area contributed by atoms with E-state index in [1.54, 1.807) is 11.3 Å². The van der Waals surface area contributed by atoms with Gasteiger partial charge in [0, 0.05) is 30.2 Å². The highest BCUT2D eigenvalue weighted by molar-refractivity contribution is 7.15. The summed E-state index contributed by atoms with van der Waals surface area (Å²) in [5.41, 5.74) is 8.17. The summed E-state index contributed by atoms with van der Waals surface area (Å²) in [5, 5.41) is 6.37. The maximum atomic E-state index is 5.93. The van der Waals surface area contributed by atoms with E-state index in [-0.39, 0.29) is 6.04 Å². The predicted octanol–water partition coefficient (Wildman–Crippen LogP) is 1.78. The summed E-state index contributed by atoms with van der Waals surface area (Å²) in [7, 11) is 0. The predicted molar refractivity (Wildman–Crippen MR) is 72.3 cm³/mol. The normalized spacial score (nSPS) is 13.3. The maximum Gasteiger partial charge on any atom is 0.195 e. The molecule has 0 fully saturated rings. The van der Waals surface area contributed by atoms with E-state index in [0.717, 1.165) is 28.5 Å². The van der Waals surface area contributed by atoms with Gasteiger partial charge in [0.1, 0.15) is 0 Å². The second-order valence-corrected chi connectivity index (χ2v) is 5.45. The number of fused-ring (bicyclic) bond motifs is 1. The van der Waals surface area contributed by atoms with E-state index in [1.165, 1.54) is 0 Å². The summed E-state index contributed by atoms with van der Waals surface area (Å²) >= 11 is 1.62. The molecule has 3 rings (SSSR count). The molecule has 2 N–H and O–H groups in total. The first-order chi connectivity index (χ1) is 8.65. The lowest BCUT2D eigenvalue weighted by atomic mass is 10.2. The molecule has 0 radical (unpaired) electrons. The van der Waals surface area contributed by atoms with Crippen molar-refractivity contribution in [3.05, 3.63) is 35.2 Å². The molecule has 18 heavy (non-hydrogen) atoms. The molecule has 0 aromatic carbocycles. The second kappa shape index (κ2) is 4.22. The molecule has 0 saturated heterocycles. The van der Waals surface area contributed by atoms with E-state index in [0.29, 0.717) is 0 Å². The average molecular weight is 261 g/mol. The molecule has 3 aromatic heterocycles. The third-order valence-electron chi connectivity index (χ3n) is 2.78. The molecule has 3 heterocycles. The number of nitrogens with zero attached hydrogens (tertiary/aromatic N) is 4. The summed E-state index contributed by atoms with van der Waals surface area (Å²) in [5.74, 6) is 0.882. The van der Waals surface area contributed by atoms with E-state index in [2.05, 4.69) is 14.5 Å². The Bertz CT molecular complexity index is 676. The second-order valence-electron chi connectivity index (χ2n) is 4.58. The maximum absolute atomic E-state index is 5.93. The van der Waals surface area contributed by atoms with Gasteiger partial charge in [-0.1, -0.05) is 0 Å². The van der Waals surface area contributed by atoms with Gasteiger partial charge in [0.15, 0.2) is 10.8 Å². The molecule has 5 nitrogen and oxygen atoms in total. The van der Waals surface area contributed by atoms with Crippen LogP contribution in [0.4, 0.5) is 0 Å². The highest BCUT2D eigenvalue weighted by atomic mass is 32.1. The van der Waals surface area contributed by atoms with E-state index < -0.39 is 0 Å². The SMILES string of the molecule is Cc1cnn(-c2nc3sccn3c2CC(C)N)c1. The summed E-state index contributed by atoms with van der Waals surface area (Å²) in [6.45, 7) is 4.02. The minimum Gasteiger partial charge on any atom is -0.328 e. The number of aromatic nitrogens is 4. The summed E-state index contributed by atoms with van der Waals surface area (Å²) in [6, 6.07) is 0.0974. The van der Waals surface area contributed by atoms with Crippen LogP contribution in [0.3, 0.4) is 0 Å². The van der Waals surface area contributed by atoms with Gasteiger partial charge in [-0.2, -0.15) is 10.1 Å². The molecule has 0 aliphatic rings. The number of aryl methyl sites for hydroxylation is 1. The third-order valence-corrected chi connectivity index (χ3v) is 3.54. The van der Waals surface area contributed by atoms with Crippen LogP contribution in [0.15, 0.2) is 24.0 Å². The molecular weight excluding hydrogens is 246 g/mol. The lowest BCUT2D eigenvalue weighted by Crippen LogP contribution is -2.20. The van der Waals surface area contributed by atoms with Crippen LogP contribution in [-0.2, 0) is 6.42 Å². The van der Waals surface area contributed by atoms with Crippen LogP contribution < -0.4 is 5.73 Å². The van der Waals surface area contributed by atoms with Gasteiger partial charge >= 0.3 is 0 Å². The summed E-state index contributed by atoms with van der Waals surface area (Å²) < 4.78 is 3.92. The Balaban J connectivity index is 2.18. The fourth-order valence-electron chi connectivity index (χ4n) is 2.03. The van der Waals surface area contributed by atoms with Crippen molar-refractivity contribution >= 4 is 16.3 Å². The first-order valence-electron chi connectivity index (χ1n) is 5.87. The number of hydrogen-bond donors (Lipinski definition) is 1. The molecule has 6 heteroatoms. The lowest BCUT2D eigenvalue weighted by molar-refractivity contribution is 0.705. The standard InChI is InChI=1S/C12H15N5S/c1-8-6-14-17(7-8)11-10(5-9(2)13)16-3-4-18-12(16)15-11/h3-4,6-7,9H,5,13H2,1-2H3. The highest BCUT2D eigenvalue weighted by Crippen LogP contribution is 2.21. The minimum atomic E-state index is 0.0974.